The minimum absolute atomic E-state index is 0.197. The van der Waals surface area contributed by atoms with E-state index in [0.29, 0.717) is 29.8 Å². The largest absolute Gasteiger partial charge is 0.346 e. The van der Waals surface area contributed by atoms with E-state index >= 15 is 0 Å². The molecule has 6 heteroatoms. The SMILES string of the molecule is CC(CNS(=O)(=O)c1cc(CN)n(C(C)C)c1)C1CC1. The maximum atomic E-state index is 12.3. The summed E-state index contributed by atoms with van der Waals surface area (Å²) in [5.41, 5.74) is 6.52. The minimum Gasteiger partial charge on any atom is -0.346 e. The van der Waals surface area contributed by atoms with Crippen molar-refractivity contribution in [3.05, 3.63) is 18.0 Å². The Morgan fingerprint density at radius 2 is 2.05 bits per heavy atom. The Hall–Kier alpha value is -0.850. The summed E-state index contributed by atoms with van der Waals surface area (Å²) in [5, 5.41) is 0. The molecule has 1 heterocycles. The van der Waals surface area contributed by atoms with Crippen LogP contribution in [-0.2, 0) is 16.6 Å². The molecule has 0 aliphatic heterocycles. The van der Waals surface area contributed by atoms with Crippen molar-refractivity contribution in [1.29, 1.82) is 0 Å². The Morgan fingerprint density at radius 3 is 2.50 bits per heavy atom. The first-order chi connectivity index (χ1) is 9.35. The van der Waals surface area contributed by atoms with Gasteiger partial charge in [-0.3, -0.25) is 0 Å². The highest BCUT2D eigenvalue weighted by atomic mass is 32.2. The molecule has 0 radical (unpaired) electrons. The van der Waals surface area contributed by atoms with Gasteiger partial charge in [0, 0.05) is 31.0 Å². The van der Waals surface area contributed by atoms with Crippen molar-refractivity contribution in [2.45, 2.75) is 51.1 Å². The van der Waals surface area contributed by atoms with Crippen LogP contribution in [0.4, 0.5) is 0 Å². The van der Waals surface area contributed by atoms with Crippen LogP contribution in [0, 0.1) is 11.8 Å². The summed E-state index contributed by atoms with van der Waals surface area (Å²) in [6, 6.07) is 1.87. The second-order valence-corrected chi connectivity index (χ2v) is 7.81. The molecule has 20 heavy (non-hydrogen) atoms. The molecule has 1 aliphatic carbocycles. The van der Waals surface area contributed by atoms with Gasteiger partial charge in [-0.05, 0) is 44.6 Å². The molecule has 0 saturated heterocycles. The summed E-state index contributed by atoms with van der Waals surface area (Å²) in [7, 11) is -3.43. The van der Waals surface area contributed by atoms with Crippen molar-refractivity contribution in [1.82, 2.24) is 9.29 Å². The summed E-state index contributed by atoms with van der Waals surface area (Å²) in [6.07, 6.45) is 4.13. The van der Waals surface area contributed by atoms with Gasteiger partial charge >= 0.3 is 0 Å². The van der Waals surface area contributed by atoms with E-state index in [1.807, 2.05) is 18.4 Å². The number of nitrogens with two attached hydrogens (primary N) is 1. The van der Waals surface area contributed by atoms with Gasteiger partial charge < -0.3 is 10.3 Å². The standard InChI is InChI=1S/C14H25N3O2S/c1-10(2)17-9-14(6-13(17)7-15)20(18,19)16-8-11(3)12-4-5-12/h6,9-12,16H,4-5,7-8,15H2,1-3H3. The van der Waals surface area contributed by atoms with Gasteiger partial charge in [0.15, 0.2) is 0 Å². The van der Waals surface area contributed by atoms with Crippen molar-refractivity contribution in [3.63, 3.8) is 0 Å². The van der Waals surface area contributed by atoms with Crippen molar-refractivity contribution < 1.29 is 8.42 Å². The van der Waals surface area contributed by atoms with Gasteiger partial charge in [0.25, 0.3) is 0 Å². The van der Waals surface area contributed by atoms with Crippen LogP contribution in [-0.4, -0.2) is 19.5 Å². The zero-order chi connectivity index (χ0) is 14.9. The molecule has 1 aromatic heterocycles. The Kier molecular flexibility index (Phi) is 4.56. The number of aromatic nitrogens is 1. The molecule has 0 spiro atoms. The average Bonchev–Trinajstić information content (AvgIpc) is 3.13. The molecule has 1 aliphatic rings. The maximum Gasteiger partial charge on any atom is 0.242 e. The monoisotopic (exact) mass is 299 g/mol. The number of nitrogens with one attached hydrogen (secondary N) is 1. The van der Waals surface area contributed by atoms with Gasteiger partial charge in [-0.15, -0.1) is 0 Å². The van der Waals surface area contributed by atoms with Crippen molar-refractivity contribution in [3.8, 4) is 0 Å². The molecule has 1 aromatic rings. The van der Waals surface area contributed by atoms with E-state index < -0.39 is 10.0 Å². The normalized spacial score (nSPS) is 17.6. The fourth-order valence-corrected chi connectivity index (χ4v) is 3.64. The lowest BCUT2D eigenvalue weighted by molar-refractivity contribution is 0.491. The molecule has 3 N–H and O–H groups in total. The molecule has 2 rings (SSSR count). The first-order valence-electron chi connectivity index (χ1n) is 7.25. The first-order valence-corrected chi connectivity index (χ1v) is 8.74. The zero-order valence-corrected chi connectivity index (χ0v) is 13.3. The lowest BCUT2D eigenvalue weighted by Gasteiger charge is -2.11. The Balaban J connectivity index is 2.12. The summed E-state index contributed by atoms with van der Waals surface area (Å²) < 4.78 is 29.3. The van der Waals surface area contributed by atoms with E-state index in [2.05, 4.69) is 11.6 Å². The smallest absolute Gasteiger partial charge is 0.242 e. The Morgan fingerprint density at radius 1 is 1.40 bits per heavy atom. The van der Waals surface area contributed by atoms with Crippen molar-refractivity contribution in [2.75, 3.05) is 6.54 Å². The molecule has 5 nitrogen and oxygen atoms in total. The van der Waals surface area contributed by atoms with E-state index in [1.165, 1.54) is 12.8 Å². The summed E-state index contributed by atoms with van der Waals surface area (Å²) in [5.74, 6) is 1.10. The maximum absolute atomic E-state index is 12.3. The van der Waals surface area contributed by atoms with Crippen LogP contribution >= 0.6 is 0 Å². The summed E-state index contributed by atoms with van der Waals surface area (Å²) >= 11 is 0. The fourth-order valence-electron chi connectivity index (χ4n) is 2.44. The molecular weight excluding hydrogens is 274 g/mol. The number of hydrogen-bond donors (Lipinski definition) is 2. The third kappa shape index (κ3) is 3.42. The molecule has 1 atom stereocenters. The van der Waals surface area contributed by atoms with E-state index in [-0.39, 0.29) is 6.04 Å². The summed E-state index contributed by atoms with van der Waals surface area (Å²) in [4.78, 5) is 0.314. The predicted molar refractivity (Wildman–Crippen MR) is 79.8 cm³/mol. The number of nitrogens with zero attached hydrogens (tertiary/aromatic N) is 1. The highest BCUT2D eigenvalue weighted by Crippen LogP contribution is 2.36. The minimum atomic E-state index is -3.43. The molecule has 0 bridgehead atoms. The second kappa shape index (κ2) is 5.87. The molecule has 114 valence electrons. The van der Waals surface area contributed by atoms with Crippen LogP contribution in [0.1, 0.15) is 45.3 Å². The van der Waals surface area contributed by atoms with Gasteiger partial charge in [-0.25, -0.2) is 13.1 Å². The third-order valence-corrected chi connectivity index (χ3v) is 5.40. The van der Waals surface area contributed by atoms with Gasteiger partial charge in [0.05, 0.1) is 4.90 Å². The summed E-state index contributed by atoms with van der Waals surface area (Å²) in [6.45, 7) is 6.98. The number of sulfonamides is 1. The lowest BCUT2D eigenvalue weighted by atomic mass is 10.1. The average molecular weight is 299 g/mol. The zero-order valence-electron chi connectivity index (χ0n) is 12.5. The number of rotatable bonds is 7. The molecule has 0 aromatic carbocycles. The van der Waals surface area contributed by atoms with Crippen LogP contribution in [0.2, 0.25) is 0 Å². The van der Waals surface area contributed by atoms with Gasteiger partial charge in [0.1, 0.15) is 0 Å². The topological polar surface area (TPSA) is 77.1 Å². The van der Waals surface area contributed by atoms with E-state index in [0.717, 1.165) is 5.69 Å². The van der Waals surface area contributed by atoms with Gasteiger partial charge in [0.2, 0.25) is 10.0 Å². The van der Waals surface area contributed by atoms with Crippen molar-refractivity contribution >= 4 is 10.0 Å². The Labute approximate surface area is 121 Å². The highest BCUT2D eigenvalue weighted by Gasteiger charge is 2.29. The third-order valence-electron chi connectivity index (χ3n) is 4.00. The quantitative estimate of drug-likeness (QED) is 0.806. The van der Waals surface area contributed by atoms with E-state index in [4.69, 9.17) is 5.73 Å². The predicted octanol–water partition coefficient (Wildman–Crippen LogP) is 1.85. The number of hydrogen-bond acceptors (Lipinski definition) is 3. The molecule has 0 amide bonds. The molecular formula is C14H25N3O2S. The van der Waals surface area contributed by atoms with E-state index in [9.17, 15) is 8.42 Å². The second-order valence-electron chi connectivity index (χ2n) is 6.04. The fraction of sp³-hybridized carbons (Fsp3) is 0.714. The van der Waals surface area contributed by atoms with Gasteiger partial charge in [-0.1, -0.05) is 6.92 Å². The first kappa shape index (κ1) is 15.5. The van der Waals surface area contributed by atoms with Crippen molar-refractivity contribution in [2.24, 2.45) is 17.6 Å². The van der Waals surface area contributed by atoms with Crippen LogP contribution < -0.4 is 10.5 Å². The molecule has 1 fully saturated rings. The molecule has 1 saturated carbocycles. The highest BCUT2D eigenvalue weighted by molar-refractivity contribution is 7.89. The van der Waals surface area contributed by atoms with E-state index in [1.54, 1.807) is 12.3 Å². The lowest BCUT2D eigenvalue weighted by Crippen LogP contribution is -2.29. The van der Waals surface area contributed by atoms with Gasteiger partial charge in [-0.2, -0.15) is 0 Å². The van der Waals surface area contributed by atoms with Crippen LogP contribution in [0.15, 0.2) is 17.2 Å². The molecule has 1 unspecified atom stereocenters. The Bertz CT molecular complexity index is 559. The van der Waals surface area contributed by atoms with Crippen LogP contribution in [0.5, 0.6) is 0 Å². The van der Waals surface area contributed by atoms with Crippen LogP contribution in [0.3, 0.4) is 0 Å². The van der Waals surface area contributed by atoms with Crippen LogP contribution in [0.25, 0.3) is 0 Å².